The van der Waals surface area contributed by atoms with Crippen molar-refractivity contribution in [2.24, 2.45) is 0 Å². The lowest BCUT2D eigenvalue weighted by atomic mass is 10.2. The topological polar surface area (TPSA) is 38.3 Å². The Balaban J connectivity index is 2.19. The summed E-state index contributed by atoms with van der Waals surface area (Å²) < 4.78 is 5.93. The normalized spacial score (nSPS) is 10.3. The number of hydrogen-bond donors (Lipinski definition) is 1. The number of amides is 1. The second-order valence-electron chi connectivity index (χ2n) is 4.21. The summed E-state index contributed by atoms with van der Waals surface area (Å²) in [6.07, 6.45) is 0. The highest BCUT2D eigenvalue weighted by Crippen LogP contribution is 2.20. The van der Waals surface area contributed by atoms with E-state index in [1.807, 2.05) is 30.3 Å². The van der Waals surface area contributed by atoms with Gasteiger partial charge in [-0.05, 0) is 58.5 Å². The number of methoxy groups -OCH3 is 1. The van der Waals surface area contributed by atoms with Gasteiger partial charge in [-0.2, -0.15) is 0 Å². The van der Waals surface area contributed by atoms with Crippen molar-refractivity contribution in [2.75, 3.05) is 12.4 Å². The molecule has 0 fully saturated rings. The molecule has 3 nitrogen and oxygen atoms in total. The molecule has 0 aliphatic heterocycles. The molecule has 1 amide bonds. The molecule has 104 valence electrons. The Hall–Kier alpha value is -1.11. The first-order valence-electron chi connectivity index (χ1n) is 5.94. The lowest BCUT2D eigenvalue weighted by Gasteiger charge is -2.09. The fourth-order valence-corrected chi connectivity index (χ4v) is 2.53. The minimum atomic E-state index is -0.175. The van der Waals surface area contributed by atoms with E-state index in [0.717, 1.165) is 14.8 Å². The maximum atomic E-state index is 12.3. The number of benzene rings is 2. The van der Waals surface area contributed by atoms with E-state index in [1.165, 1.54) is 0 Å². The van der Waals surface area contributed by atoms with Crippen molar-refractivity contribution >= 4 is 45.8 Å². The van der Waals surface area contributed by atoms with Crippen LogP contribution in [-0.2, 0) is 11.3 Å². The summed E-state index contributed by atoms with van der Waals surface area (Å²) in [4.78, 5) is 12.3. The summed E-state index contributed by atoms with van der Waals surface area (Å²) in [6, 6.07) is 12.8. The van der Waals surface area contributed by atoms with Gasteiger partial charge in [0.15, 0.2) is 0 Å². The van der Waals surface area contributed by atoms with Crippen LogP contribution < -0.4 is 5.32 Å². The highest BCUT2D eigenvalue weighted by atomic mass is 127. The van der Waals surface area contributed by atoms with Crippen molar-refractivity contribution in [1.82, 2.24) is 0 Å². The fraction of sp³-hybridized carbons (Fsp3) is 0.133. The molecule has 0 unspecified atom stereocenters. The Kier molecular flexibility index (Phi) is 5.39. The molecule has 0 aliphatic carbocycles. The van der Waals surface area contributed by atoms with Gasteiger partial charge in [-0.1, -0.05) is 23.7 Å². The van der Waals surface area contributed by atoms with E-state index in [0.29, 0.717) is 17.2 Å². The third-order valence-corrected chi connectivity index (χ3v) is 3.84. The molecule has 1 N–H and O–H groups in total. The van der Waals surface area contributed by atoms with Crippen molar-refractivity contribution in [2.45, 2.75) is 6.61 Å². The first-order valence-corrected chi connectivity index (χ1v) is 7.40. The van der Waals surface area contributed by atoms with Gasteiger partial charge >= 0.3 is 0 Å². The lowest BCUT2D eigenvalue weighted by Crippen LogP contribution is -2.13. The van der Waals surface area contributed by atoms with Crippen LogP contribution in [0.5, 0.6) is 0 Å². The Morgan fingerprint density at radius 1 is 1.30 bits per heavy atom. The first kappa shape index (κ1) is 15.3. The Morgan fingerprint density at radius 3 is 2.85 bits per heavy atom. The van der Waals surface area contributed by atoms with Crippen LogP contribution in [0.15, 0.2) is 42.5 Å². The highest BCUT2D eigenvalue weighted by molar-refractivity contribution is 14.1. The average molecular weight is 402 g/mol. The summed E-state index contributed by atoms with van der Waals surface area (Å²) in [5.74, 6) is -0.175. The van der Waals surface area contributed by atoms with Gasteiger partial charge in [0.25, 0.3) is 5.91 Å². The van der Waals surface area contributed by atoms with Gasteiger partial charge in [0.05, 0.1) is 12.2 Å². The second kappa shape index (κ2) is 7.06. The fourth-order valence-electron chi connectivity index (χ4n) is 1.78. The minimum Gasteiger partial charge on any atom is -0.380 e. The van der Waals surface area contributed by atoms with E-state index < -0.39 is 0 Å². The zero-order chi connectivity index (χ0) is 14.5. The number of carbonyl (C=O) groups excluding carboxylic acids is 1. The van der Waals surface area contributed by atoms with Crippen molar-refractivity contribution in [1.29, 1.82) is 0 Å². The van der Waals surface area contributed by atoms with E-state index in [9.17, 15) is 4.79 Å². The second-order valence-corrected chi connectivity index (χ2v) is 5.81. The molecule has 2 aromatic carbocycles. The Labute approximate surface area is 136 Å². The molecule has 2 aromatic rings. The zero-order valence-electron chi connectivity index (χ0n) is 10.8. The zero-order valence-corrected chi connectivity index (χ0v) is 13.7. The smallest absolute Gasteiger partial charge is 0.256 e. The number of anilines is 1. The molecule has 0 aromatic heterocycles. The lowest BCUT2D eigenvalue weighted by molar-refractivity contribution is 0.102. The number of rotatable bonds is 4. The molecule has 0 saturated heterocycles. The van der Waals surface area contributed by atoms with Crippen molar-refractivity contribution in [3.8, 4) is 0 Å². The quantitative estimate of drug-likeness (QED) is 0.774. The third kappa shape index (κ3) is 3.94. The Bertz CT molecular complexity index is 631. The van der Waals surface area contributed by atoms with E-state index in [-0.39, 0.29) is 5.91 Å². The third-order valence-electron chi connectivity index (χ3n) is 2.67. The van der Waals surface area contributed by atoms with E-state index in [2.05, 4.69) is 27.9 Å². The molecule has 0 spiro atoms. The van der Waals surface area contributed by atoms with Crippen LogP contribution in [-0.4, -0.2) is 13.0 Å². The highest BCUT2D eigenvalue weighted by Gasteiger charge is 2.11. The Morgan fingerprint density at radius 2 is 2.10 bits per heavy atom. The summed E-state index contributed by atoms with van der Waals surface area (Å²) in [6.45, 7) is 0.512. The van der Waals surface area contributed by atoms with Crippen molar-refractivity contribution in [3.05, 3.63) is 62.2 Å². The summed E-state index contributed by atoms with van der Waals surface area (Å²) >= 11 is 8.05. The molecule has 5 heteroatoms. The van der Waals surface area contributed by atoms with E-state index in [1.54, 1.807) is 19.2 Å². The number of hydrogen-bond acceptors (Lipinski definition) is 2. The van der Waals surface area contributed by atoms with Crippen LogP contribution in [0.1, 0.15) is 15.9 Å². The first-order chi connectivity index (χ1) is 9.60. The predicted octanol–water partition coefficient (Wildman–Crippen LogP) is 4.34. The van der Waals surface area contributed by atoms with Gasteiger partial charge in [0, 0.05) is 21.4 Å². The number of halogens is 2. The number of nitrogens with one attached hydrogen (secondary N) is 1. The van der Waals surface area contributed by atoms with E-state index in [4.69, 9.17) is 16.3 Å². The molecular weight excluding hydrogens is 389 g/mol. The van der Waals surface area contributed by atoms with Crippen LogP contribution in [0.2, 0.25) is 5.02 Å². The summed E-state index contributed by atoms with van der Waals surface area (Å²) in [5, 5.41) is 3.41. The largest absolute Gasteiger partial charge is 0.380 e. The average Bonchev–Trinajstić information content (AvgIpc) is 2.42. The van der Waals surface area contributed by atoms with Crippen molar-refractivity contribution in [3.63, 3.8) is 0 Å². The monoisotopic (exact) mass is 401 g/mol. The van der Waals surface area contributed by atoms with E-state index >= 15 is 0 Å². The van der Waals surface area contributed by atoms with Gasteiger partial charge < -0.3 is 10.1 Å². The molecule has 0 heterocycles. The van der Waals surface area contributed by atoms with Crippen LogP contribution >= 0.6 is 34.2 Å². The molecule has 0 bridgehead atoms. The van der Waals surface area contributed by atoms with Crippen molar-refractivity contribution < 1.29 is 9.53 Å². The molecule has 0 aliphatic rings. The van der Waals surface area contributed by atoms with Crippen LogP contribution in [0.25, 0.3) is 0 Å². The SMILES string of the molecule is COCc1cccc(NC(=O)c2cc(Cl)ccc2I)c1. The number of carbonyl (C=O) groups is 1. The van der Waals surface area contributed by atoms with Gasteiger partial charge in [-0.15, -0.1) is 0 Å². The number of ether oxygens (including phenoxy) is 1. The molecule has 2 rings (SSSR count). The van der Waals surface area contributed by atoms with Gasteiger partial charge in [-0.3, -0.25) is 4.79 Å². The maximum Gasteiger partial charge on any atom is 0.256 e. The predicted molar refractivity (Wildman–Crippen MR) is 89.3 cm³/mol. The van der Waals surface area contributed by atoms with Crippen LogP contribution in [0.4, 0.5) is 5.69 Å². The summed E-state index contributed by atoms with van der Waals surface area (Å²) in [7, 11) is 1.64. The van der Waals surface area contributed by atoms with Gasteiger partial charge in [0.1, 0.15) is 0 Å². The molecule has 0 radical (unpaired) electrons. The van der Waals surface area contributed by atoms with Gasteiger partial charge in [-0.25, -0.2) is 0 Å². The molecule has 0 atom stereocenters. The summed E-state index contributed by atoms with van der Waals surface area (Å²) in [5.41, 5.74) is 2.31. The molecular formula is C15H13ClINO2. The van der Waals surface area contributed by atoms with Crippen LogP contribution in [0.3, 0.4) is 0 Å². The van der Waals surface area contributed by atoms with Crippen LogP contribution in [0, 0.1) is 3.57 Å². The maximum absolute atomic E-state index is 12.3. The molecule has 0 saturated carbocycles. The minimum absolute atomic E-state index is 0.175. The van der Waals surface area contributed by atoms with Gasteiger partial charge in [0.2, 0.25) is 0 Å². The molecule has 20 heavy (non-hydrogen) atoms. The standard InChI is InChI=1S/C15H13ClINO2/c1-20-9-10-3-2-4-12(7-10)18-15(19)13-8-11(16)5-6-14(13)17/h2-8H,9H2,1H3,(H,18,19).